The van der Waals surface area contributed by atoms with Crippen molar-refractivity contribution in [3.8, 4) is 11.5 Å². The third kappa shape index (κ3) is 2.84. The largest absolute Gasteiger partial charge is 0.339 e. The Bertz CT molecular complexity index is 709. The van der Waals surface area contributed by atoms with Crippen LogP contribution in [0, 0.1) is 12.8 Å². The monoisotopic (exact) mass is 294 g/mol. The molecule has 0 N–H and O–H groups in total. The van der Waals surface area contributed by atoms with E-state index >= 15 is 0 Å². The molecule has 1 saturated heterocycles. The van der Waals surface area contributed by atoms with Crippen LogP contribution in [0.1, 0.15) is 18.0 Å². The van der Waals surface area contributed by atoms with Crippen LogP contribution in [0.4, 0.5) is 0 Å². The van der Waals surface area contributed by atoms with Crippen molar-refractivity contribution in [2.24, 2.45) is 5.92 Å². The van der Waals surface area contributed by atoms with Gasteiger partial charge in [0.15, 0.2) is 9.84 Å². The van der Waals surface area contributed by atoms with Gasteiger partial charge in [-0.25, -0.2) is 8.42 Å². The van der Waals surface area contributed by atoms with Crippen LogP contribution in [-0.2, 0) is 16.3 Å². The molecule has 0 spiro atoms. The summed E-state index contributed by atoms with van der Waals surface area (Å²) in [5.74, 6) is 1.35. The van der Waals surface area contributed by atoms with E-state index in [-0.39, 0.29) is 17.4 Å². The fourth-order valence-electron chi connectivity index (χ4n) is 2.24. The molecular formula is C12H14N4O3S. The van der Waals surface area contributed by atoms with E-state index in [4.69, 9.17) is 4.52 Å². The maximum Gasteiger partial charge on any atom is 0.227 e. The highest BCUT2D eigenvalue weighted by Gasteiger charge is 2.29. The average molecular weight is 294 g/mol. The molecule has 3 rings (SSSR count). The van der Waals surface area contributed by atoms with E-state index in [1.807, 2.05) is 13.0 Å². The van der Waals surface area contributed by atoms with Crippen LogP contribution in [0.15, 0.2) is 16.7 Å². The number of hydrogen-bond acceptors (Lipinski definition) is 7. The van der Waals surface area contributed by atoms with Gasteiger partial charge < -0.3 is 4.52 Å². The number of nitrogens with zero attached hydrogens (tertiary/aromatic N) is 4. The third-order valence-corrected chi connectivity index (χ3v) is 5.12. The zero-order valence-electron chi connectivity index (χ0n) is 11.0. The van der Waals surface area contributed by atoms with E-state index < -0.39 is 9.84 Å². The van der Waals surface area contributed by atoms with E-state index in [0.717, 1.165) is 5.69 Å². The standard InChI is InChI=1S/C12H14N4O3S/c1-8-2-3-10(15-14-8)12-13-11(19-16-12)6-9-4-5-20(17,18)7-9/h2-3,9H,4-7H2,1H3/t9-/m0/s1. The first-order chi connectivity index (χ1) is 9.52. The molecular weight excluding hydrogens is 280 g/mol. The molecule has 2 aromatic heterocycles. The first-order valence-electron chi connectivity index (χ1n) is 6.35. The summed E-state index contributed by atoms with van der Waals surface area (Å²) in [5, 5.41) is 11.8. The van der Waals surface area contributed by atoms with E-state index in [1.54, 1.807) is 6.07 Å². The van der Waals surface area contributed by atoms with Gasteiger partial charge in [0.25, 0.3) is 0 Å². The molecule has 0 radical (unpaired) electrons. The van der Waals surface area contributed by atoms with E-state index in [2.05, 4.69) is 20.3 Å². The summed E-state index contributed by atoms with van der Waals surface area (Å²) in [4.78, 5) is 4.25. The number of hydrogen-bond donors (Lipinski definition) is 0. The summed E-state index contributed by atoms with van der Waals surface area (Å²) in [7, 11) is -2.88. The molecule has 2 aromatic rings. The van der Waals surface area contributed by atoms with Crippen LogP contribution in [0.3, 0.4) is 0 Å². The lowest BCUT2D eigenvalue weighted by Gasteiger charge is -2.01. The van der Waals surface area contributed by atoms with Gasteiger partial charge in [-0.05, 0) is 31.4 Å². The van der Waals surface area contributed by atoms with Gasteiger partial charge in [-0.1, -0.05) is 5.16 Å². The molecule has 0 aliphatic carbocycles. The molecule has 0 unspecified atom stereocenters. The van der Waals surface area contributed by atoms with Gasteiger partial charge >= 0.3 is 0 Å². The van der Waals surface area contributed by atoms with Crippen molar-refractivity contribution in [2.75, 3.05) is 11.5 Å². The summed E-state index contributed by atoms with van der Waals surface area (Å²) in [6, 6.07) is 3.60. The summed E-state index contributed by atoms with van der Waals surface area (Å²) >= 11 is 0. The lowest BCUT2D eigenvalue weighted by Crippen LogP contribution is -2.07. The Morgan fingerprint density at radius 2 is 2.20 bits per heavy atom. The SMILES string of the molecule is Cc1ccc(-c2noc(C[C@@H]3CCS(=O)(=O)C3)n2)nn1. The number of aryl methyl sites for hydroxylation is 1. The Labute approximate surface area is 116 Å². The van der Waals surface area contributed by atoms with Crippen molar-refractivity contribution in [3.63, 3.8) is 0 Å². The molecule has 1 fully saturated rings. The molecule has 20 heavy (non-hydrogen) atoms. The lowest BCUT2D eigenvalue weighted by atomic mass is 10.1. The van der Waals surface area contributed by atoms with Gasteiger partial charge in [-0.3, -0.25) is 0 Å². The Kier molecular flexibility index (Phi) is 3.25. The second-order valence-electron chi connectivity index (χ2n) is 5.04. The van der Waals surface area contributed by atoms with Crippen molar-refractivity contribution < 1.29 is 12.9 Å². The summed E-state index contributed by atoms with van der Waals surface area (Å²) in [6.07, 6.45) is 1.15. The van der Waals surface area contributed by atoms with Gasteiger partial charge in [-0.2, -0.15) is 10.1 Å². The molecule has 1 aliphatic rings. The smallest absolute Gasteiger partial charge is 0.227 e. The first-order valence-corrected chi connectivity index (χ1v) is 8.18. The first kappa shape index (κ1) is 13.2. The predicted octanol–water partition coefficient (Wildman–Crippen LogP) is 0.812. The lowest BCUT2D eigenvalue weighted by molar-refractivity contribution is 0.359. The Balaban J connectivity index is 1.73. The Hall–Kier alpha value is -1.83. The minimum atomic E-state index is -2.88. The van der Waals surface area contributed by atoms with Crippen molar-refractivity contribution in [3.05, 3.63) is 23.7 Å². The van der Waals surface area contributed by atoms with E-state index in [9.17, 15) is 8.42 Å². The number of rotatable bonds is 3. The van der Waals surface area contributed by atoms with Crippen molar-refractivity contribution in [2.45, 2.75) is 19.8 Å². The molecule has 106 valence electrons. The van der Waals surface area contributed by atoms with Crippen LogP contribution in [-0.4, -0.2) is 40.3 Å². The van der Waals surface area contributed by atoms with Gasteiger partial charge in [0.2, 0.25) is 11.7 Å². The molecule has 1 aliphatic heterocycles. The van der Waals surface area contributed by atoms with Crippen molar-refractivity contribution >= 4 is 9.84 Å². The Morgan fingerprint density at radius 1 is 1.35 bits per heavy atom. The second kappa shape index (κ2) is 4.93. The molecule has 7 nitrogen and oxygen atoms in total. The van der Waals surface area contributed by atoms with Crippen molar-refractivity contribution in [1.29, 1.82) is 0 Å². The molecule has 0 saturated carbocycles. The topological polar surface area (TPSA) is 98.8 Å². The maximum atomic E-state index is 11.4. The normalized spacial score (nSPS) is 21.1. The summed E-state index contributed by atoms with van der Waals surface area (Å²) in [6.45, 7) is 1.85. The third-order valence-electron chi connectivity index (χ3n) is 3.29. The van der Waals surface area contributed by atoms with Gasteiger partial charge in [-0.15, -0.1) is 5.10 Å². The maximum absolute atomic E-state index is 11.4. The highest BCUT2D eigenvalue weighted by atomic mass is 32.2. The number of sulfone groups is 1. The zero-order valence-corrected chi connectivity index (χ0v) is 11.8. The Morgan fingerprint density at radius 3 is 2.85 bits per heavy atom. The van der Waals surface area contributed by atoms with Crippen LogP contribution < -0.4 is 0 Å². The van der Waals surface area contributed by atoms with Crippen LogP contribution in [0.5, 0.6) is 0 Å². The highest BCUT2D eigenvalue weighted by molar-refractivity contribution is 7.91. The van der Waals surface area contributed by atoms with Crippen LogP contribution in [0.2, 0.25) is 0 Å². The second-order valence-corrected chi connectivity index (χ2v) is 7.27. The zero-order chi connectivity index (χ0) is 14.2. The van der Waals surface area contributed by atoms with Gasteiger partial charge in [0.1, 0.15) is 5.69 Å². The minimum Gasteiger partial charge on any atom is -0.339 e. The highest BCUT2D eigenvalue weighted by Crippen LogP contribution is 2.22. The van der Waals surface area contributed by atoms with Crippen LogP contribution >= 0.6 is 0 Å². The van der Waals surface area contributed by atoms with E-state index in [0.29, 0.717) is 30.3 Å². The molecule has 0 aromatic carbocycles. The molecule has 3 heterocycles. The molecule has 0 amide bonds. The predicted molar refractivity (Wildman–Crippen MR) is 70.5 cm³/mol. The fourth-order valence-corrected chi connectivity index (χ4v) is 4.10. The molecule has 8 heteroatoms. The van der Waals surface area contributed by atoms with E-state index in [1.165, 1.54) is 0 Å². The van der Waals surface area contributed by atoms with Gasteiger partial charge in [0, 0.05) is 6.42 Å². The molecule has 0 bridgehead atoms. The average Bonchev–Trinajstić information content (AvgIpc) is 2.98. The fraction of sp³-hybridized carbons (Fsp3) is 0.500. The summed E-state index contributed by atoms with van der Waals surface area (Å²) < 4.78 is 28.0. The van der Waals surface area contributed by atoms with Gasteiger partial charge in [0.05, 0.1) is 17.2 Å². The quantitative estimate of drug-likeness (QED) is 0.826. The minimum absolute atomic E-state index is 0.0670. The van der Waals surface area contributed by atoms with Crippen molar-refractivity contribution in [1.82, 2.24) is 20.3 Å². The summed E-state index contributed by atoms with van der Waals surface area (Å²) in [5.41, 5.74) is 1.36. The number of aromatic nitrogens is 4. The van der Waals surface area contributed by atoms with Crippen LogP contribution in [0.25, 0.3) is 11.5 Å². The molecule has 1 atom stereocenters.